The number of methoxy groups -OCH3 is 3. The lowest BCUT2D eigenvalue weighted by Gasteiger charge is -2.21. The highest BCUT2D eigenvalue weighted by Crippen LogP contribution is 2.33. The summed E-state index contributed by atoms with van der Waals surface area (Å²) >= 11 is 7.22. The van der Waals surface area contributed by atoms with E-state index in [0.717, 1.165) is 0 Å². The first-order chi connectivity index (χ1) is 16.5. The minimum Gasteiger partial charge on any atom is -0.492 e. The van der Waals surface area contributed by atoms with Crippen molar-refractivity contribution in [1.29, 1.82) is 0 Å². The predicted octanol–water partition coefficient (Wildman–Crippen LogP) is 2.80. The molecule has 0 amide bonds. The zero-order valence-corrected chi connectivity index (χ0v) is 20.6. The Bertz CT molecular complexity index is 1100. The number of anilines is 1. The van der Waals surface area contributed by atoms with Crippen LogP contribution in [0.5, 0.6) is 11.8 Å². The van der Waals surface area contributed by atoms with Crippen molar-refractivity contribution >= 4 is 29.5 Å². The molecule has 0 radical (unpaired) electrons. The van der Waals surface area contributed by atoms with Crippen LogP contribution in [0.1, 0.15) is 24.7 Å². The molecule has 0 aliphatic heterocycles. The normalized spacial score (nSPS) is 13.2. The van der Waals surface area contributed by atoms with E-state index in [-0.39, 0.29) is 22.7 Å². The third-order valence-electron chi connectivity index (χ3n) is 4.56. The van der Waals surface area contributed by atoms with Crippen LogP contribution in [0.25, 0.3) is 5.69 Å². The van der Waals surface area contributed by atoms with Crippen LogP contribution in [0.4, 0.5) is 5.95 Å². The molecule has 182 valence electrons. The van der Waals surface area contributed by atoms with Gasteiger partial charge in [0.25, 0.3) is 0 Å². The molecular formula is C20H25ClN8O4S. The Morgan fingerprint density at radius 3 is 2.59 bits per heavy atom. The SMILES string of the molecule is COC/C=C\Cc1nnc(NSC(C)C(OC)c2ncc(Cl)cn2)n1-c1c(O)ncnc1OC. The van der Waals surface area contributed by atoms with E-state index in [1.807, 2.05) is 19.1 Å². The van der Waals surface area contributed by atoms with E-state index >= 15 is 0 Å². The fourth-order valence-electron chi connectivity index (χ4n) is 2.99. The molecule has 0 aliphatic carbocycles. The van der Waals surface area contributed by atoms with Crippen molar-refractivity contribution in [3.05, 3.63) is 47.5 Å². The lowest BCUT2D eigenvalue weighted by molar-refractivity contribution is 0.0972. The number of nitrogens with zero attached hydrogens (tertiary/aromatic N) is 7. The second-order valence-corrected chi connectivity index (χ2v) is 8.42. The van der Waals surface area contributed by atoms with E-state index in [2.05, 4.69) is 34.9 Å². The van der Waals surface area contributed by atoms with E-state index in [1.54, 1.807) is 18.8 Å². The topological polar surface area (TPSA) is 142 Å². The highest BCUT2D eigenvalue weighted by atomic mass is 35.5. The number of aromatic hydroxyl groups is 1. The number of allylic oxidation sites excluding steroid dienone is 1. The summed E-state index contributed by atoms with van der Waals surface area (Å²) in [6, 6.07) is 0. The molecule has 2 N–H and O–H groups in total. The van der Waals surface area contributed by atoms with Gasteiger partial charge < -0.3 is 19.3 Å². The largest absolute Gasteiger partial charge is 0.492 e. The summed E-state index contributed by atoms with van der Waals surface area (Å²) in [5.74, 6) is 1.24. The van der Waals surface area contributed by atoms with Crippen LogP contribution in [-0.4, -0.2) is 73.0 Å². The maximum atomic E-state index is 10.5. The summed E-state index contributed by atoms with van der Waals surface area (Å²) in [6.07, 6.45) is 7.97. The first-order valence-electron chi connectivity index (χ1n) is 10.1. The first kappa shape index (κ1) is 25.6. The maximum Gasteiger partial charge on any atom is 0.245 e. The van der Waals surface area contributed by atoms with Crippen molar-refractivity contribution in [3.8, 4) is 17.4 Å². The Morgan fingerprint density at radius 1 is 1.15 bits per heavy atom. The van der Waals surface area contributed by atoms with Gasteiger partial charge >= 0.3 is 0 Å². The fraction of sp³-hybridized carbons (Fsp3) is 0.400. The van der Waals surface area contributed by atoms with Crippen LogP contribution < -0.4 is 9.46 Å². The van der Waals surface area contributed by atoms with Gasteiger partial charge in [0, 0.05) is 33.0 Å². The van der Waals surface area contributed by atoms with Gasteiger partial charge in [0.05, 0.1) is 24.0 Å². The van der Waals surface area contributed by atoms with E-state index in [1.165, 1.54) is 37.8 Å². The fourth-order valence-corrected chi connectivity index (χ4v) is 3.86. The third-order valence-corrected chi connectivity index (χ3v) is 5.67. The molecule has 0 aromatic carbocycles. The van der Waals surface area contributed by atoms with E-state index in [9.17, 15) is 5.11 Å². The third kappa shape index (κ3) is 6.11. The van der Waals surface area contributed by atoms with Crippen molar-refractivity contribution in [1.82, 2.24) is 34.7 Å². The standard InChI is InChI=1S/C20H25ClN8O4S/c1-12(16(32-3)17-22-9-13(21)10-23-17)34-28-20-27-26-14(7-5-6-8-31-2)29(20)15-18(30)24-11-25-19(15)33-4/h5-6,9-12,16H,7-8H2,1-4H3,(H,27,28)(H,24,25,30)/b6-5-. The molecule has 3 aromatic rings. The summed E-state index contributed by atoms with van der Waals surface area (Å²) in [4.78, 5) is 16.5. The monoisotopic (exact) mass is 508 g/mol. The van der Waals surface area contributed by atoms with Crippen molar-refractivity contribution in [2.75, 3.05) is 32.7 Å². The second-order valence-electron chi connectivity index (χ2n) is 6.80. The average molecular weight is 509 g/mol. The van der Waals surface area contributed by atoms with Crippen LogP contribution in [0.3, 0.4) is 0 Å². The zero-order valence-electron chi connectivity index (χ0n) is 19.0. The number of hydrogen-bond donors (Lipinski definition) is 2. The number of aromatic nitrogens is 7. The molecule has 0 bridgehead atoms. The highest BCUT2D eigenvalue weighted by molar-refractivity contribution is 8.01. The molecule has 12 nitrogen and oxygen atoms in total. The lowest BCUT2D eigenvalue weighted by atomic mass is 10.2. The minimum atomic E-state index is -0.425. The molecule has 0 saturated heterocycles. The van der Waals surface area contributed by atoms with Crippen LogP contribution in [0.2, 0.25) is 5.02 Å². The van der Waals surface area contributed by atoms with Gasteiger partial charge in [-0.3, -0.25) is 9.29 Å². The van der Waals surface area contributed by atoms with Gasteiger partial charge in [0.2, 0.25) is 17.7 Å². The van der Waals surface area contributed by atoms with Crippen molar-refractivity contribution in [2.45, 2.75) is 24.7 Å². The Morgan fingerprint density at radius 2 is 1.91 bits per heavy atom. The smallest absolute Gasteiger partial charge is 0.245 e. The molecule has 2 atom stereocenters. The summed E-state index contributed by atoms with van der Waals surface area (Å²) in [7, 11) is 4.64. The molecular weight excluding hydrogens is 484 g/mol. The van der Waals surface area contributed by atoms with E-state index < -0.39 is 6.10 Å². The van der Waals surface area contributed by atoms with Crippen molar-refractivity contribution in [3.63, 3.8) is 0 Å². The molecule has 0 fully saturated rings. The molecule has 0 saturated carbocycles. The summed E-state index contributed by atoms with van der Waals surface area (Å²) in [5.41, 5.74) is 0.213. The molecule has 0 aliphatic rings. The molecule has 14 heteroatoms. The number of rotatable bonds is 12. The molecule has 3 heterocycles. The van der Waals surface area contributed by atoms with Gasteiger partial charge in [0.1, 0.15) is 18.3 Å². The Balaban J connectivity index is 1.89. The highest BCUT2D eigenvalue weighted by Gasteiger charge is 2.26. The van der Waals surface area contributed by atoms with E-state index in [0.29, 0.717) is 35.6 Å². The van der Waals surface area contributed by atoms with Crippen LogP contribution in [0.15, 0.2) is 30.9 Å². The van der Waals surface area contributed by atoms with Gasteiger partial charge in [-0.15, -0.1) is 10.2 Å². The summed E-state index contributed by atoms with van der Waals surface area (Å²) < 4.78 is 20.8. The second kappa shape index (κ2) is 12.5. The molecule has 3 aromatic heterocycles. The maximum absolute atomic E-state index is 10.5. The van der Waals surface area contributed by atoms with Gasteiger partial charge in [-0.05, 0) is 18.9 Å². The minimum absolute atomic E-state index is 0.149. The quantitative estimate of drug-likeness (QED) is 0.274. The number of nitrogens with one attached hydrogen (secondary N) is 1. The Hall–Kier alpha value is -3.00. The van der Waals surface area contributed by atoms with Crippen molar-refractivity contribution < 1.29 is 19.3 Å². The van der Waals surface area contributed by atoms with Gasteiger partial charge in [-0.2, -0.15) is 9.97 Å². The Labute approximate surface area is 205 Å². The number of hydrogen-bond acceptors (Lipinski definition) is 12. The van der Waals surface area contributed by atoms with Crippen LogP contribution in [0, 0.1) is 0 Å². The molecule has 2 unspecified atom stereocenters. The molecule has 3 rings (SSSR count). The van der Waals surface area contributed by atoms with Gasteiger partial charge in [-0.25, -0.2) is 9.97 Å². The number of halogens is 1. The number of ether oxygens (including phenoxy) is 3. The summed E-state index contributed by atoms with van der Waals surface area (Å²) in [6.45, 7) is 2.41. The van der Waals surface area contributed by atoms with Gasteiger partial charge in [-0.1, -0.05) is 23.8 Å². The predicted molar refractivity (Wildman–Crippen MR) is 127 cm³/mol. The van der Waals surface area contributed by atoms with Crippen molar-refractivity contribution in [2.24, 2.45) is 0 Å². The summed E-state index contributed by atoms with van der Waals surface area (Å²) in [5, 5.41) is 19.3. The van der Waals surface area contributed by atoms with Crippen LogP contribution >= 0.6 is 23.5 Å². The average Bonchev–Trinajstić information content (AvgIpc) is 3.24. The molecule has 0 spiro atoms. The van der Waals surface area contributed by atoms with Crippen LogP contribution in [-0.2, 0) is 15.9 Å². The first-order valence-corrected chi connectivity index (χ1v) is 11.3. The van der Waals surface area contributed by atoms with Gasteiger partial charge in [0.15, 0.2) is 11.5 Å². The lowest BCUT2D eigenvalue weighted by Crippen LogP contribution is -2.19. The zero-order chi connectivity index (χ0) is 24.5. The molecule has 34 heavy (non-hydrogen) atoms. The Kier molecular flexibility index (Phi) is 9.39. The van der Waals surface area contributed by atoms with E-state index in [4.69, 9.17) is 25.8 Å².